The van der Waals surface area contributed by atoms with Crippen molar-refractivity contribution < 1.29 is 4.39 Å². The van der Waals surface area contributed by atoms with E-state index in [4.69, 9.17) is 0 Å². The van der Waals surface area contributed by atoms with Crippen LogP contribution < -0.4 is 10.6 Å². The average molecular weight is 528 g/mol. The molecule has 9 heteroatoms. The second-order valence-electron chi connectivity index (χ2n) is 6.27. The van der Waals surface area contributed by atoms with Crippen molar-refractivity contribution in [1.82, 2.24) is 25.4 Å². The quantitative estimate of drug-likeness (QED) is 0.253. The van der Waals surface area contributed by atoms with E-state index in [1.807, 2.05) is 22.8 Å². The van der Waals surface area contributed by atoms with Crippen molar-refractivity contribution in [2.45, 2.75) is 32.9 Å². The van der Waals surface area contributed by atoms with Crippen molar-refractivity contribution in [3.63, 3.8) is 0 Å². The Labute approximate surface area is 191 Å². The van der Waals surface area contributed by atoms with Gasteiger partial charge in [0.25, 0.3) is 0 Å². The maximum atomic E-state index is 13.0. The van der Waals surface area contributed by atoms with E-state index in [-0.39, 0.29) is 29.8 Å². The smallest absolute Gasteiger partial charge is 0.191 e. The minimum atomic E-state index is -0.211. The second kappa shape index (κ2) is 12.5. The SMILES string of the molecule is CCc1nncn1CCNC(=NCc1cccs1)NCCc1ccc(F)cc1.I. The predicted octanol–water partition coefficient (Wildman–Crippen LogP) is 3.64. The van der Waals surface area contributed by atoms with Gasteiger partial charge in [0.05, 0.1) is 6.54 Å². The van der Waals surface area contributed by atoms with E-state index >= 15 is 0 Å². The molecule has 0 atom stereocenters. The Morgan fingerprint density at radius 2 is 1.97 bits per heavy atom. The summed E-state index contributed by atoms with van der Waals surface area (Å²) in [6.45, 7) is 4.91. The second-order valence-corrected chi connectivity index (χ2v) is 7.30. The highest BCUT2D eigenvalue weighted by Gasteiger charge is 2.03. The van der Waals surface area contributed by atoms with Crippen LogP contribution in [0.15, 0.2) is 53.1 Å². The number of rotatable bonds is 9. The van der Waals surface area contributed by atoms with Crippen LogP contribution in [0.4, 0.5) is 4.39 Å². The summed E-state index contributed by atoms with van der Waals surface area (Å²) in [5.74, 6) is 1.53. The molecule has 0 bridgehead atoms. The summed E-state index contributed by atoms with van der Waals surface area (Å²) in [4.78, 5) is 5.89. The van der Waals surface area contributed by atoms with Crippen LogP contribution in [-0.4, -0.2) is 33.8 Å². The molecular formula is C20H26FIN6S. The van der Waals surface area contributed by atoms with Gasteiger partial charge in [-0.15, -0.1) is 45.5 Å². The lowest BCUT2D eigenvalue weighted by Crippen LogP contribution is -2.40. The summed E-state index contributed by atoms with van der Waals surface area (Å²) in [5, 5.41) is 16.9. The van der Waals surface area contributed by atoms with E-state index in [9.17, 15) is 4.39 Å². The monoisotopic (exact) mass is 528 g/mol. The minimum Gasteiger partial charge on any atom is -0.356 e. The maximum absolute atomic E-state index is 13.0. The lowest BCUT2D eigenvalue weighted by molar-refractivity contribution is 0.626. The number of guanidine groups is 1. The van der Waals surface area contributed by atoms with Crippen LogP contribution in [0.25, 0.3) is 0 Å². The summed E-state index contributed by atoms with van der Waals surface area (Å²) in [7, 11) is 0. The molecule has 0 radical (unpaired) electrons. The van der Waals surface area contributed by atoms with Gasteiger partial charge >= 0.3 is 0 Å². The van der Waals surface area contributed by atoms with Gasteiger partial charge in [0, 0.05) is 30.9 Å². The van der Waals surface area contributed by atoms with Crippen molar-refractivity contribution in [3.8, 4) is 0 Å². The molecule has 0 aliphatic carbocycles. The van der Waals surface area contributed by atoms with Crippen molar-refractivity contribution in [2.24, 2.45) is 4.99 Å². The highest BCUT2D eigenvalue weighted by molar-refractivity contribution is 14.0. The Morgan fingerprint density at radius 3 is 2.69 bits per heavy atom. The van der Waals surface area contributed by atoms with Gasteiger partial charge in [-0.1, -0.05) is 25.1 Å². The number of hydrogen-bond acceptors (Lipinski definition) is 4. The summed E-state index contributed by atoms with van der Waals surface area (Å²) in [6, 6.07) is 10.7. The van der Waals surface area contributed by atoms with Gasteiger partial charge in [-0.2, -0.15) is 0 Å². The molecule has 3 aromatic rings. The standard InChI is InChI=1S/C20H25FN6S.HI/c1-2-19-26-25-15-27(19)12-11-23-20(24-14-18-4-3-13-28-18)22-10-9-16-5-7-17(21)8-6-16;/h3-8,13,15H,2,9-12,14H2,1H3,(H2,22,23,24);1H. The molecule has 2 aromatic heterocycles. The van der Waals surface area contributed by atoms with Gasteiger partial charge in [0.1, 0.15) is 18.0 Å². The lowest BCUT2D eigenvalue weighted by atomic mass is 10.1. The third kappa shape index (κ3) is 7.73. The largest absolute Gasteiger partial charge is 0.356 e. The van der Waals surface area contributed by atoms with E-state index in [1.54, 1.807) is 17.7 Å². The molecule has 0 fully saturated rings. The zero-order valence-corrected chi connectivity index (χ0v) is 19.5. The van der Waals surface area contributed by atoms with Gasteiger partial charge < -0.3 is 15.2 Å². The predicted molar refractivity (Wildman–Crippen MR) is 126 cm³/mol. The van der Waals surface area contributed by atoms with E-state index in [2.05, 4.69) is 44.2 Å². The molecular weight excluding hydrogens is 502 g/mol. The number of hydrogen-bond donors (Lipinski definition) is 2. The van der Waals surface area contributed by atoms with Gasteiger partial charge in [-0.25, -0.2) is 9.38 Å². The molecule has 0 aliphatic heterocycles. The van der Waals surface area contributed by atoms with Crippen LogP contribution in [-0.2, 0) is 25.9 Å². The van der Waals surface area contributed by atoms with E-state index in [1.165, 1.54) is 17.0 Å². The highest BCUT2D eigenvalue weighted by Crippen LogP contribution is 2.09. The maximum Gasteiger partial charge on any atom is 0.191 e. The molecule has 3 rings (SSSR count). The topological polar surface area (TPSA) is 67.1 Å². The molecule has 0 unspecified atom stereocenters. The van der Waals surface area contributed by atoms with Crippen LogP contribution in [0.5, 0.6) is 0 Å². The van der Waals surface area contributed by atoms with Crippen molar-refractivity contribution in [1.29, 1.82) is 0 Å². The van der Waals surface area contributed by atoms with Crippen LogP contribution in [0.2, 0.25) is 0 Å². The van der Waals surface area contributed by atoms with Gasteiger partial charge in [0.2, 0.25) is 0 Å². The normalized spacial score (nSPS) is 11.2. The Kier molecular flexibility index (Phi) is 10.1. The summed E-state index contributed by atoms with van der Waals surface area (Å²) < 4.78 is 15.1. The van der Waals surface area contributed by atoms with Crippen molar-refractivity contribution in [2.75, 3.05) is 13.1 Å². The molecule has 0 amide bonds. The first-order valence-electron chi connectivity index (χ1n) is 9.40. The van der Waals surface area contributed by atoms with Crippen LogP contribution >= 0.6 is 35.3 Å². The first kappa shape index (κ1) is 23.3. The molecule has 0 aliphatic rings. The summed E-state index contributed by atoms with van der Waals surface area (Å²) >= 11 is 1.69. The molecule has 6 nitrogen and oxygen atoms in total. The van der Waals surface area contributed by atoms with Crippen LogP contribution in [0, 0.1) is 5.82 Å². The Hall–Kier alpha value is -2.01. The number of aromatic nitrogens is 3. The molecule has 29 heavy (non-hydrogen) atoms. The lowest BCUT2D eigenvalue weighted by Gasteiger charge is -2.13. The van der Waals surface area contributed by atoms with Crippen LogP contribution in [0.3, 0.4) is 0 Å². The van der Waals surface area contributed by atoms with Gasteiger partial charge in [-0.3, -0.25) is 0 Å². The van der Waals surface area contributed by atoms with Crippen LogP contribution in [0.1, 0.15) is 23.2 Å². The highest BCUT2D eigenvalue weighted by atomic mass is 127. The number of aliphatic imine (C=N–C) groups is 1. The Balaban J connectivity index is 0.00000300. The van der Waals surface area contributed by atoms with E-state index in [0.29, 0.717) is 6.54 Å². The fourth-order valence-corrected chi connectivity index (χ4v) is 3.37. The molecule has 0 saturated heterocycles. The molecule has 2 heterocycles. The molecule has 0 saturated carbocycles. The van der Waals surface area contributed by atoms with Gasteiger partial charge in [-0.05, 0) is 35.6 Å². The summed E-state index contributed by atoms with van der Waals surface area (Å²) in [5.41, 5.74) is 1.09. The van der Waals surface area contributed by atoms with E-state index in [0.717, 1.165) is 49.8 Å². The molecule has 156 valence electrons. The van der Waals surface area contributed by atoms with E-state index < -0.39 is 0 Å². The number of benzene rings is 1. The number of halogens is 2. The van der Waals surface area contributed by atoms with Gasteiger partial charge in [0.15, 0.2) is 5.96 Å². The first-order valence-corrected chi connectivity index (χ1v) is 10.3. The minimum absolute atomic E-state index is 0. The Bertz CT molecular complexity index is 863. The fourth-order valence-electron chi connectivity index (χ4n) is 2.74. The number of thiophene rings is 1. The zero-order valence-electron chi connectivity index (χ0n) is 16.3. The zero-order chi connectivity index (χ0) is 19.6. The molecule has 2 N–H and O–H groups in total. The third-order valence-electron chi connectivity index (χ3n) is 4.25. The van der Waals surface area contributed by atoms with Crippen molar-refractivity contribution >= 4 is 41.3 Å². The average Bonchev–Trinajstić information content (AvgIpc) is 3.38. The fraction of sp³-hybridized carbons (Fsp3) is 0.350. The number of aryl methyl sites for hydroxylation is 1. The van der Waals surface area contributed by atoms with Crippen molar-refractivity contribution in [3.05, 3.63) is 70.2 Å². The summed E-state index contributed by atoms with van der Waals surface area (Å²) in [6.07, 6.45) is 3.41. The molecule has 1 aromatic carbocycles. The number of nitrogens with one attached hydrogen (secondary N) is 2. The number of nitrogens with zero attached hydrogens (tertiary/aromatic N) is 4. The third-order valence-corrected chi connectivity index (χ3v) is 5.11. The Morgan fingerprint density at radius 1 is 1.17 bits per heavy atom. The first-order chi connectivity index (χ1) is 13.7. The molecule has 0 spiro atoms.